The van der Waals surface area contributed by atoms with Crippen molar-refractivity contribution in [2.45, 2.75) is 19.8 Å². The molecule has 0 unspecified atom stereocenters. The van der Waals surface area contributed by atoms with Crippen LogP contribution in [0.15, 0.2) is 0 Å². The van der Waals surface area contributed by atoms with E-state index in [4.69, 9.17) is 22.1 Å². The van der Waals surface area contributed by atoms with E-state index in [1.54, 1.807) is 0 Å². The van der Waals surface area contributed by atoms with Crippen molar-refractivity contribution in [1.82, 2.24) is 4.90 Å². The van der Waals surface area contributed by atoms with Gasteiger partial charge in [-0.15, -0.1) is 0 Å². The van der Waals surface area contributed by atoms with Crippen LogP contribution in [0.2, 0.25) is 0 Å². The van der Waals surface area contributed by atoms with Crippen molar-refractivity contribution in [1.29, 1.82) is 0 Å². The summed E-state index contributed by atoms with van der Waals surface area (Å²) in [5, 5.41) is 9.55. The summed E-state index contributed by atoms with van der Waals surface area (Å²) in [5.74, 6) is 0.459. The van der Waals surface area contributed by atoms with Crippen molar-refractivity contribution >= 4 is 17.4 Å². The molecule has 0 aromatic heterocycles. The first-order valence-corrected chi connectivity index (χ1v) is 5.21. The van der Waals surface area contributed by atoms with Gasteiger partial charge in [-0.1, -0.05) is 0 Å². The SMILES string of the molecule is CCOC(=S)N1CCC(CO)CC1. The zero-order valence-corrected chi connectivity index (χ0v) is 8.85. The summed E-state index contributed by atoms with van der Waals surface area (Å²) in [6.07, 6.45) is 2.04. The predicted molar refractivity (Wildman–Crippen MR) is 55.6 cm³/mol. The van der Waals surface area contributed by atoms with Crippen LogP contribution in [0.4, 0.5) is 0 Å². The monoisotopic (exact) mass is 203 g/mol. The molecule has 1 N–H and O–H groups in total. The van der Waals surface area contributed by atoms with Gasteiger partial charge in [-0.05, 0) is 37.9 Å². The summed E-state index contributed by atoms with van der Waals surface area (Å²) < 4.78 is 5.25. The molecule has 76 valence electrons. The number of nitrogens with zero attached hydrogens (tertiary/aromatic N) is 1. The second-order valence-corrected chi connectivity index (χ2v) is 3.66. The molecule has 0 aromatic carbocycles. The number of rotatable bonds is 2. The highest BCUT2D eigenvalue weighted by atomic mass is 32.1. The molecule has 0 atom stereocenters. The van der Waals surface area contributed by atoms with Crippen LogP contribution < -0.4 is 0 Å². The Balaban J connectivity index is 2.28. The molecule has 1 aliphatic rings. The van der Waals surface area contributed by atoms with E-state index in [1.165, 1.54) is 0 Å². The van der Waals surface area contributed by atoms with E-state index in [2.05, 4.69) is 4.90 Å². The van der Waals surface area contributed by atoms with Gasteiger partial charge in [0.1, 0.15) is 0 Å². The van der Waals surface area contributed by atoms with Crippen molar-refractivity contribution in [3.63, 3.8) is 0 Å². The zero-order chi connectivity index (χ0) is 9.68. The van der Waals surface area contributed by atoms with Crippen molar-refractivity contribution < 1.29 is 9.84 Å². The van der Waals surface area contributed by atoms with Crippen LogP contribution in [-0.4, -0.2) is 41.5 Å². The van der Waals surface area contributed by atoms with E-state index in [-0.39, 0.29) is 0 Å². The molecule has 1 aliphatic heterocycles. The first-order chi connectivity index (χ1) is 6.27. The Morgan fingerprint density at radius 3 is 2.62 bits per heavy atom. The standard InChI is InChI=1S/C9H17NO2S/c1-2-12-9(13)10-5-3-8(7-11)4-6-10/h8,11H,2-7H2,1H3. The maximum Gasteiger partial charge on any atom is 0.259 e. The van der Waals surface area contributed by atoms with Gasteiger partial charge in [-0.3, -0.25) is 0 Å². The smallest absolute Gasteiger partial charge is 0.259 e. The number of hydrogen-bond acceptors (Lipinski definition) is 3. The quantitative estimate of drug-likeness (QED) is 0.679. The van der Waals surface area contributed by atoms with E-state index < -0.39 is 0 Å². The van der Waals surface area contributed by atoms with Crippen LogP contribution in [0.5, 0.6) is 0 Å². The Kier molecular flexibility index (Phi) is 4.45. The summed E-state index contributed by atoms with van der Waals surface area (Å²) in [6, 6.07) is 0. The summed E-state index contributed by atoms with van der Waals surface area (Å²) in [4.78, 5) is 2.07. The molecule has 4 heteroatoms. The molecule has 1 heterocycles. The molecule has 1 rings (SSSR count). The van der Waals surface area contributed by atoms with Gasteiger partial charge in [0.25, 0.3) is 5.17 Å². The van der Waals surface area contributed by atoms with Gasteiger partial charge in [0.2, 0.25) is 0 Å². The number of likely N-dealkylation sites (tertiary alicyclic amines) is 1. The van der Waals surface area contributed by atoms with Crippen LogP contribution in [0.1, 0.15) is 19.8 Å². The first kappa shape index (κ1) is 10.7. The van der Waals surface area contributed by atoms with Gasteiger partial charge in [-0.2, -0.15) is 0 Å². The Morgan fingerprint density at radius 1 is 1.54 bits per heavy atom. The fourth-order valence-electron chi connectivity index (χ4n) is 1.51. The average molecular weight is 203 g/mol. The molecule has 13 heavy (non-hydrogen) atoms. The second-order valence-electron chi connectivity index (χ2n) is 3.31. The van der Waals surface area contributed by atoms with Gasteiger partial charge in [0, 0.05) is 19.7 Å². The predicted octanol–water partition coefficient (Wildman–Crippen LogP) is 1.01. The second kappa shape index (κ2) is 5.40. The lowest BCUT2D eigenvalue weighted by Crippen LogP contribution is -2.39. The minimum atomic E-state index is 0.301. The molecule has 1 fully saturated rings. The maximum atomic E-state index is 8.94. The normalized spacial score (nSPS) is 18.8. The number of hydrogen-bond donors (Lipinski definition) is 1. The van der Waals surface area contributed by atoms with E-state index in [1.807, 2.05) is 6.92 Å². The van der Waals surface area contributed by atoms with Gasteiger partial charge >= 0.3 is 0 Å². The summed E-state index contributed by atoms with van der Waals surface area (Å²) in [7, 11) is 0. The first-order valence-electron chi connectivity index (χ1n) is 4.80. The van der Waals surface area contributed by atoms with E-state index >= 15 is 0 Å². The van der Waals surface area contributed by atoms with Crippen LogP contribution in [0.25, 0.3) is 0 Å². The maximum absolute atomic E-state index is 8.94. The van der Waals surface area contributed by atoms with Crippen molar-refractivity contribution in [2.75, 3.05) is 26.3 Å². The van der Waals surface area contributed by atoms with Gasteiger partial charge < -0.3 is 14.7 Å². The fraction of sp³-hybridized carbons (Fsp3) is 0.889. The molecular weight excluding hydrogens is 186 g/mol. The molecule has 0 bridgehead atoms. The van der Waals surface area contributed by atoms with E-state index in [9.17, 15) is 0 Å². The number of aliphatic hydroxyl groups is 1. The van der Waals surface area contributed by atoms with Crippen molar-refractivity contribution in [3.05, 3.63) is 0 Å². The third-order valence-electron chi connectivity index (χ3n) is 2.40. The lowest BCUT2D eigenvalue weighted by Gasteiger charge is -2.32. The topological polar surface area (TPSA) is 32.7 Å². The molecule has 0 spiro atoms. The lowest BCUT2D eigenvalue weighted by atomic mass is 9.98. The molecule has 1 saturated heterocycles. The number of aliphatic hydroxyl groups excluding tert-OH is 1. The highest BCUT2D eigenvalue weighted by Crippen LogP contribution is 2.16. The third kappa shape index (κ3) is 3.12. The molecule has 0 amide bonds. The molecule has 0 radical (unpaired) electrons. The summed E-state index contributed by atoms with van der Waals surface area (Å²) in [5.41, 5.74) is 0. The van der Waals surface area contributed by atoms with E-state index in [0.717, 1.165) is 25.9 Å². The highest BCUT2D eigenvalue weighted by Gasteiger charge is 2.20. The van der Waals surface area contributed by atoms with Gasteiger partial charge in [0.05, 0.1) is 6.61 Å². The minimum Gasteiger partial charge on any atom is -0.471 e. The summed E-state index contributed by atoms with van der Waals surface area (Å²) in [6.45, 7) is 4.72. The van der Waals surface area contributed by atoms with Crippen molar-refractivity contribution in [2.24, 2.45) is 5.92 Å². The largest absolute Gasteiger partial charge is 0.471 e. The Hall–Kier alpha value is -0.350. The van der Waals surface area contributed by atoms with Crippen LogP contribution in [0.3, 0.4) is 0 Å². The van der Waals surface area contributed by atoms with Crippen molar-refractivity contribution in [3.8, 4) is 0 Å². The lowest BCUT2D eigenvalue weighted by molar-refractivity contribution is 0.150. The zero-order valence-electron chi connectivity index (χ0n) is 8.03. The number of thiocarbonyl (C=S) groups is 1. The van der Waals surface area contributed by atoms with E-state index in [0.29, 0.717) is 24.3 Å². The Morgan fingerprint density at radius 2 is 2.15 bits per heavy atom. The van der Waals surface area contributed by atoms with Crippen LogP contribution in [0, 0.1) is 5.92 Å². The number of piperidine rings is 1. The number of ether oxygens (including phenoxy) is 1. The Bertz CT molecular complexity index is 167. The minimum absolute atomic E-state index is 0.301. The average Bonchev–Trinajstić information content (AvgIpc) is 2.18. The molecule has 0 saturated carbocycles. The van der Waals surface area contributed by atoms with Crippen LogP contribution >= 0.6 is 12.2 Å². The fourth-order valence-corrected chi connectivity index (χ4v) is 1.81. The molecular formula is C9H17NO2S. The molecule has 0 aliphatic carbocycles. The van der Waals surface area contributed by atoms with Crippen LogP contribution in [-0.2, 0) is 4.74 Å². The third-order valence-corrected chi connectivity index (χ3v) is 2.77. The molecule has 3 nitrogen and oxygen atoms in total. The van der Waals surface area contributed by atoms with Gasteiger partial charge in [0.15, 0.2) is 0 Å². The van der Waals surface area contributed by atoms with Gasteiger partial charge in [-0.25, -0.2) is 0 Å². The highest BCUT2D eigenvalue weighted by molar-refractivity contribution is 7.80. The summed E-state index contributed by atoms with van der Waals surface area (Å²) >= 11 is 5.09. The Labute approximate surface area is 84.7 Å². The molecule has 0 aromatic rings.